The van der Waals surface area contributed by atoms with E-state index in [1.807, 2.05) is 0 Å². The Morgan fingerprint density at radius 1 is 1.06 bits per heavy atom. The van der Waals surface area contributed by atoms with Gasteiger partial charge >= 0.3 is 0 Å². The molecule has 166 valence electrons. The highest BCUT2D eigenvalue weighted by Crippen LogP contribution is 2.43. The Kier molecular flexibility index (Phi) is 5.81. The van der Waals surface area contributed by atoms with E-state index in [9.17, 15) is 0 Å². The molecule has 0 N–H and O–H groups in total. The minimum atomic E-state index is 0.370. The third-order valence-electron chi connectivity index (χ3n) is 6.59. The molecule has 5 rings (SSSR count). The first-order valence-electron chi connectivity index (χ1n) is 11.5. The van der Waals surface area contributed by atoms with Gasteiger partial charge in [-0.3, -0.25) is 4.90 Å². The standard InChI is InChI=1S/C23H32N6S2/c1-13(2)20-26-27-23(29(20)17-6-7-17)31-22-19-15(4)16(5)30-21(19)24-18(25-22)12-28-10-8-14(3)9-11-28/h13-14,17H,6-12H2,1-5H3. The van der Waals surface area contributed by atoms with E-state index in [1.54, 1.807) is 23.1 Å². The molecule has 1 saturated carbocycles. The lowest BCUT2D eigenvalue weighted by atomic mass is 9.99. The van der Waals surface area contributed by atoms with Crippen LogP contribution in [0.1, 0.15) is 80.5 Å². The highest BCUT2D eigenvalue weighted by molar-refractivity contribution is 7.99. The molecule has 1 aliphatic carbocycles. The van der Waals surface area contributed by atoms with Crippen molar-refractivity contribution >= 4 is 33.3 Å². The summed E-state index contributed by atoms with van der Waals surface area (Å²) in [5, 5.41) is 12.4. The van der Waals surface area contributed by atoms with Gasteiger partial charge in [0.15, 0.2) is 5.16 Å². The number of aromatic nitrogens is 5. The Morgan fingerprint density at radius 3 is 2.48 bits per heavy atom. The van der Waals surface area contributed by atoms with Crippen LogP contribution in [0.15, 0.2) is 10.2 Å². The number of likely N-dealkylation sites (tertiary alicyclic amines) is 1. The lowest BCUT2D eigenvalue weighted by molar-refractivity contribution is 0.181. The van der Waals surface area contributed by atoms with E-state index in [4.69, 9.17) is 9.97 Å². The Hall–Kier alpha value is -1.51. The largest absolute Gasteiger partial charge is 0.302 e. The van der Waals surface area contributed by atoms with Crippen LogP contribution >= 0.6 is 23.1 Å². The van der Waals surface area contributed by atoms with Crippen molar-refractivity contribution in [3.05, 3.63) is 22.1 Å². The fourth-order valence-electron chi connectivity index (χ4n) is 4.33. The van der Waals surface area contributed by atoms with Crippen molar-refractivity contribution in [2.75, 3.05) is 13.1 Å². The van der Waals surface area contributed by atoms with Gasteiger partial charge in [-0.15, -0.1) is 21.5 Å². The van der Waals surface area contributed by atoms with Gasteiger partial charge in [-0.05, 0) is 75.9 Å². The molecule has 6 nitrogen and oxygen atoms in total. The predicted octanol–water partition coefficient (Wildman–Crippen LogP) is 5.74. The number of piperidine rings is 1. The summed E-state index contributed by atoms with van der Waals surface area (Å²) in [5.74, 6) is 3.23. The van der Waals surface area contributed by atoms with Gasteiger partial charge in [0.1, 0.15) is 21.5 Å². The van der Waals surface area contributed by atoms with Crippen molar-refractivity contribution < 1.29 is 0 Å². The minimum absolute atomic E-state index is 0.370. The maximum Gasteiger partial charge on any atom is 0.197 e. The molecule has 0 amide bonds. The number of hydrogen-bond acceptors (Lipinski definition) is 7. The van der Waals surface area contributed by atoms with Crippen molar-refractivity contribution in [1.29, 1.82) is 0 Å². The number of rotatable bonds is 6. The molecule has 0 aromatic carbocycles. The smallest absolute Gasteiger partial charge is 0.197 e. The SMILES string of the molecule is Cc1sc2nc(CN3CCC(C)CC3)nc(Sc3nnc(C(C)C)n3C3CC3)c2c1C. The van der Waals surface area contributed by atoms with E-state index in [2.05, 4.69) is 54.3 Å². The molecular weight excluding hydrogens is 424 g/mol. The van der Waals surface area contributed by atoms with Crippen molar-refractivity contribution in [3.8, 4) is 0 Å². The Labute approximate surface area is 192 Å². The van der Waals surface area contributed by atoms with Crippen LogP contribution in [0, 0.1) is 19.8 Å². The number of hydrogen-bond donors (Lipinski definition) is 0. The zero-order valence-corrected chi connectivity index (χ0v) is 20.8. The lowest BCUT2D eigenvalue weighted by Gasteiger charge is -2.29. The van der Waals surface area contributed by atoms with Gasteiger partial charge < -0.3 is 4.57 Å². The fraction of sp³-hybridized carbons (Fsp3) is 0.652. The monoisotopic (exact) mass is 456 g/mol. The second-order valence-electron chi connectivity index (χ2n) is 9.57. The maximum absolute atomic E-state index is 5.09. The molecule has 8 heteroatoms. The Balaban J connectivity index is 1.51. The van der Waals surface area contributed by atoms with E-state index in [0.717, 1.165) is 52.2 Å². The third kappa shape index (κ3) is 4.26. The van der Waals surface area contributed by atoms with E-state index in [1.165, 1.54) is 41.5 Å². The fourth-order valence-corrected chi connectivity index (χ4v) is 6.54. The molecule has 4 heterocycles. The summed E-state index contributed by atoms with van der Waals surface area (Å²) in [6.45, 7) is 14.2. The molecular formula is C23H32N6S2. The van der Waals surface area contributed by atoms with E-state index < -0.39 is 0 Å². The summed E-state index contributed by atoms with van der Waals surface area (Å²) in [7, 11) is 0. The zero-order valence-electron chi connectivity index (χ0n) is 19.2. The summed E-state index contributed by atoms with van der Waals surface area (Å²) < 4.78 is 2.36. The predicted molar refractivity (Wildman–Crippen MR) is 127 cm³/mol. The second-order valence-corrected chi connectivity index (χ2v) is 11.7. The number of fused-ring (bicyclic) bond motifs is 1. The number of thiophene rings is 1. The highest BCUT2D eigenvalue weighted by atomic mass is 32.2. The lowest BCUT2D eigenvalue weighted by Crippen LogP contribution is -2.33. The molecule has 0 unspecified atom stereocenters. The topological polar surface area (TPSA) is 59.7 Å². The average Bonchev–Trinajstić information content (AvgIpc) is 3.41. The van der Waals surface area contributed by atoms with Crippen molar-refractivity contribution in [2.24, 2.45) is 5.92 Å². The van der Waals surface area contributed by atoms with Crippen molar-refractivity contribution in [3.63, 3.8) is 0 Å². The molecule has 3 aromatic rings. The van der Waals surface area contributed by atoms with Crippen LogP contribution in [0.3, 0.4) is 0 Å². The van der Waals surface area contributed by atoms with Crippen LogP contribution in [0.5, 0.6) is 0 Å². The quantitative estimate of drug-likeness (QED) is 0.441. The first kappa shape index (κ1) is 21.3. The Bertz CT molecular complexity index is 1090. The van der Waals surface area contributed by atoms with E-state index in [0.29, 0.717) is 12.0 Å². The first-order valence-corrected chi connectivity index (χ1v) is 13.2. The summed E-state index contributed by atoms with van der Waals surface area (Å²) in [5.41, 5.74) is 1.29. The van der Waals surface area contributed by atoms with Gasteiger partial charge in [0.25, 0.3) is 0 Å². The summed E-state index contributed by atoms with van der Waals surface area (Å²) in [6.07, 6.45) is 4.98. The molecule has 0 radical (unpaired) electrons. The van der Waals surface area contributed by atoms with Gasteiger partial charge in [-0.2, -0.15) is 0 Å². The summed E-state index contributed by atoms with van der Waals surface area (Å²) in [6, 6.07) is 0.548. The van der Waals surface area contributed by atoms with Gasteiger partial charge in [0.2, 0.25) is 0 Å². The molecule has 0 atom stereocenters. The summed E-state index contributed by atoms with van der Waals surface area (Å²) in [4.78, 5) is 15.0. The molecule has 3 aromatic heterocycles. The van der Waals surface area contributed by atoms with Gasteiger partial charge in [-0.25, -0.2) is 9.97 Å². The zero-order chi connectivity index (χ0) is 21.7. The van der Waals surface area contributed by atoms with Crippen LogP contribution in [0.4, 0.5) is 0 Å². The first-order chi connectivity index (χ1) is 14.9. The van der Waals surface area contributed by atoms with Crippen LogP contribution in [-0.4, -0.2) is 42.7 Å². The Morgan fingerprint density at radius 2 is 1.81 bits per heavy atom. The van der Waals surface area contributed by atoms with Gasteiger partial charge in [-0.1, -0.05) is 20.8 Å². The van der Waals surface area contributed by atoms with Crippen molar-refractivity contribution in [2.45, 2.75) is 89.0 Å². The average molecular weight is 457 g/mol. The van der Waals surface area contributed by atoms with Crippen molar-refractivity contribution in [1.82, 2.24) is 29.6 Å². The summed E-state index contributed by atoms with van der Waals surface area (Å²) >= 11 is 3.47. The molecule has 31 heavy (non-hydrogen) atoms. The minimum Gasteiger partial charge on any atom is -0.302 e. The molecule has 2 aliphatic rings. The highest BCUT2D eigenvalue weighted by Gasteiger charge is 2.31. The third-order valence-corrected chi connectivity index (χ3v) is 8.64. The van der Waals surface area contributed by atoms with Crippen LogP contribution < -0.4 is 0 Å². The van der Waals surface area contributed by atoms with Crippen LogP contribution in [0.2, 0.25) is 0 Å². The molecule has 0 spiro atoms. The van der Waals surface area contributed by atoms with Gasteiger partial charge in [0.05, 0.1) is 6.54 Å². The molecule has 2 fully saturated rings. The molecule has 0 bridgehead atoms. The second kappa shape index (κ2) is 8.45. The van der Waals surface area contributed by atoms with Crippen LogP contribution in [0.25, 0.3) is 10.2 Å². The molecule has 1 aliphatic heterocycles. The van der Waals surface area contributed by atoms with Crippen LogP contribution in [-0.2, 0) is 6.54 Å². The number of aryl methyl sites for hydroxylation is 2. The maximum atomic E-state index is 5.09. The number of nitrogens with zero attached hydrogens (tertiary/aromatic N) is 6. The van der Waals surface area contributed by atoms with Gasteiger partial charge in [0, 0.05) is 22.2 Å². The van der Waals surface area contributed by atoms with E-state index >= 15 is 0 Å². The normalized spacial score (nSPS) is 18.5. The van der Waals surface area contributed by atoms with E-state index in [-0.39, 0.29) is 0 Å². The molecule has 1 saturated heterocycles.